The fraction of sp³-hybridized carbons (Fsp3) is 0.600. The van der Waals surface area contributed by atoms with E-state index >= 15 is 0 Å². The third kappa shape index (κ3) is 1.64. The predicted molar refractivity (Wildman–Crippen MR) is 53.5 cm³/mol. The normalized spacial score (nSPS) is 24.5. The maximum atomic E-state index is 11.4. The van der Waals surface area contributed by atoms with Crippen molar-refractivity contribution in [3.8, 4) is 0 Å². The average Bonchev–Trinajstić information content (AvgIpc) is 2.61. The summed E-state index contributed by atoms with van der Waals surface area (Å²) in [7, 11) is 0. The molecule has 0 bridgehead atoms. The maximum absolute atomic E-state index is 11.4. The number of hydrogen-bond acceptors (Lipinski definition) is 3. The van der Waals surface area contributed by atoms with Crippen LogP contribution in [0.4, 0.5) is 4.79 Å². The Labute approximate surface area is 83.3 Å². The van der Waals surface area contributed by atoms with Crippen LogP contribution in [-0.2, 0) is 4.74 Å². The molecular formula is C10H14N2O2. The van der Waals surface area contributed by atoms with Gasteiger partial charge in [0.15, 0.2) is 0 Å². The van der Waals surface area contributed by atoms with Gasteiger partial charge in [-0.1, -0.05) is 12.2 Å². The molecule has 0 aliphatic carbocycles. The van der Waals surface area contributed by atoms with Crippen LogP contribution in [0.3, 0.4) is 0 Å². The minimum atomic E-state index is -0.224. The monoisotopic (exact) mass is 194 g/mol. The highest BCUT2D eigenvalue weighted by molar-refractivity contribution is 5.95. The summed E-state index contributed by atoms with van der Waals surface area (Å²) in [4.78, 5) is 17.5. The van der Waals surface area contributed by atoms with E-state index in [0.29, 0.717) is 25.6 Å². The Bertz CT molecular complexity index is 296. The van der Waals surface area contributed by atoms with Crippen molar-refractivity contribution in [1.82, 2.24) is 4.90 Å². The van der Waals surface area contributed by atoms with E-state index < -0.39 is 0 Å². The molecule has 0 spiro atoms. The highest BCUT2D eigenvalue weighted by Crippen LogP contribution is 2.18. The average molecular weight is 194 g/mol. The standard InChI is InChI=1S/C10H14N2O2/c1-2-14-10(13)12-6-8-4-3-5-11-9(8)7-12/h3-4,8H,2,5-7H2,1H3. The first-order chi connectivity index (χ1) is 6.81. The molecule has 4 heteroatoms. The van der Waals surface area contributed by atoms with Crippen molar-refractivity contribution in [3.63, 3.8) is 0 Å². The molecule has 4 nitrogen and oxygen atoms in total. The van der Waals surface area contributed by atoms with E-state index in [2.05, 4.69) is 11.1 Å². The minimum Gasteiger partial charge on any atom is -0.450 e. The van der Waals surface area contributed by atoms with E-state index in [9.17, 15) is 4.79 Å². The maximum Gasteiger partial charge on any atom is 0.410 e. The van der Waals surface area contributed by atoms with E-state index in [1.165, 1.54) is 0 Å². The number of hydrogen-bond donors (Lipinski definition) is 0. The second-order valence-electron chi connectivity index (χ2n) is 3.45. The number of amides is 1. The molecule has 2 rings (SSSR count). The second-order valence-corrected chi connectivity index (χ2v) is 3.45. The first-order valence-electron chi connectivity index (χ1n) is 4.93. The van der Waals surface area contributed by atoms with E-state index in [4.69, 9.17) is 4.74 Å². The van der Waals surface area contributed by atoms with Gasteiger partial charge >= 0.3 is 6.09 Å². The van der Waals surface area contributed by atoms with Crippen LogP contribution >= 0.6 is 0 Å². The number of aliphatic imine (C=N–C) groups is 1. The van der Waals surface area contributed by atoms with Crippen molar-refractivity contribution in [3.05, 3.63) is 12.2 Å². The lowest BCUT2D eigenvalue weighted by atomic mass is 10.0. The van der Waals surface area contributed by atoms with Gasteiger partial charge in [-0.15, -0.1) is 0 Å². The Morgan fingerprint density at radius 3 is 3.36 bits per heavy atom. The minimum absolute atomic E-state index is 0.224. The van der Waals surface area contributed by atoms with Crippen molar-refractivity contribution in [2.24, 2.45) is 10.9 Å². The van der Waals surface area contributed by atoms with Gasteiger partial charge in [0.05, 0.1) is 19.7 Å². The van der Waals surface area contributed by atoms with Gasteiger partial charge in [0, 0.05) is 18.2 Å². The summed E-state index contributed by atoms with van der Waals surface area (Å²) in [6, 6.07) is 0. The first-order valence-corrected chi connectivity index (χ1v) is 4.93. The lowest BCUT2D eigenvalue weighted by molar-refractivity contribution is 0.116. The topological polar surface area (TPSA) is 41.9 Å². The number of fused-ring (bicyclic) bond motifs is 1. The number of dihydropyridines is 1. The van der Waals surface area contributed by atoms with Gasteiger partial charge in [-0.05, 0) is 6.92 Å². The quantitative estimate of drug-likeness (QED) is 0.586. The van der Waals surface area contributed by atoms with Crippen LogP contribution in [0.1, 0.15) is 6.92 Å². The lowest BCUT2D eigenvalue weighted by Gasteiger charge is -2.13. The summed E-state index contributed by atoms with van der Waals surface area (Å²) in [5.41, 5.74) is 1.11. The molecule has 0 saturated carbocycles. The molecule has 1 atom stereocenters. The lowest BCUT2D eigenvalue weighted by Crippen LogP contribution is -2.29. The molecule has 0 radical (unpaired) electrons. The summed E-state index contributed by atoms with van der Waals surface area (Å²) >= 11 is 0. The number of likely N-dealkylation sites (tertiary alicyclic amines) is 1. The van der Waals surface area contributed by atoms with Gasteiger partial charge in [0.2, 0.25) is 0 Å². The van der Waals surface area contributed by atoms with Crippen LogP contribution in [-0.4, -0.2) is 42.9 Å². The van der Waals surface area contributed by atoms with Crippen LogP contribution < -0.4 is 0 Å². The highest BCUT2D eigenvalue weighted by Gasteiger charge is 2.31. The summed E-state index contributed by atoms with van der Waals surface area (Å²) in [6.45, 7) is 4.35. The number of carbonyl (C=O) groups is 1. The molecule has 0 N–H and O–H groups in total. The number of ether oxygens (including phenoxy) is 1. The molecule has 2 aliphatic rings. The summed E-state index contributed by atoms with van der Waals surface area (Å²) in [5, 5.41) is 0. The van der Waals surface area contributed by atoms with Crippen LogP contribution in [0.5, 0.6) is 0 Å². The van der Waals surface area contributed by atoms with Crippen LogP contribution in [0.25, 0.3) is 0 Å². The van der Waals surface area contributed by atoms with Crippen LogP contribution in [0, 0.1) is 5.92 Å². The number of nitrogens with zero attached hydrogens (tertiary/aromatic N) is 2. The Hall–Kier alpha value is -1.32. The molecule has 1 amide bonds. The van der Waals surface area contributed by atoms with Gasteiger partial charge in [0.25, 0.3) is 0 Å². The van der Waals surface area contributed by atoms with Gasteiger partial charge in [-0.2, -0.15) is 0 Å². The molecule has 1 unspecified atom stereocenters. The molecular weight excluding hydrogens is 180 g/mol. The van der Waals surface area contributed by atoms with Crippen molar-refractivity contribution in [1.29, 1.82) is 0 Å². The van der Waals surface area contributed by atoms with E-state index in [1.807, 2.05) is 13.0 Å². The third-order valence-electron chi connectivity index (χ3n) is 2.49. The van der Waals surface area contributed by atoms with Crippen molar-refractivity contribution >= 4 is 11.8 Å². The van der Waals surface area contributed by atoms with Gasteiger partial charge in [-0.3, -0.25) is 4.99 Å². The summed E-state index contributed by atoms with van der Waals surface area (Å²) in [6.07, 6.45) is 3.95. The van der Waals surface area contributed by atoms with E-state index in [-0.39, 0.29) is 6.09 Å². The molecule has 0 aromatic heterocycles. The fourth-order valence-electron chi connectivity index (χ4n) is 1.81. The zero-order chi connectivity index (χ0) is 9.97. The Balaban J connectivity index is 1.99. The molecule has 2 heterocycles. The van der Waals surface area contributed by atoms with E-state index in [0.717, 1.165) is 12.3 Å². The van der Waals surface area contributed by atoms with Gasteiger partial charge in [0.1, 0.15) is 0 Å². The molecule has 0 aromatic rings. The van der Waals surface area contributed by atoms with Crippen molar-refractivity contribution in [2.75, 3.05) is 26.2 Å². The second kappa shape index (κ2) is 3.82. The summed E-state index contributed by atoms with van der Waals surface area (Å²) in [5.74, 6) is 0.327. The first kappa shape index (κ1) is 9.24. The smallest absolute Gasteiger partial charge is 0.410 e. The molecule has 76 valence electrons. The Morgan fingerprint density at radius 2 is 2.64 bits per heavy atom. The predicted octanol–water partition coefficient (Wildman–Crippen LogP) is 1.09. The Kier molecular flexibility index (Phi) is 2.52. The molecule has 0 aromatic carbocycles. The number of rotatable bonds is 1. The van der Waals surface area contributed by atoms with Crippen LogP contribution in [0.2, 0.25) is 0 Å². The van der Waals surface area contributed by atoms with Crippen molar-refractivity contribution < 1.29 is 9.53 Å². The van der Waals surface area contributed by atoms with E-state index in [1.54, 1.807) is 4.90 Å². The molecule has 1 saturated heterocycles. The third-order valence-corrected chi connectivity index (χ3v) is 2.49. The molecule has 2 aliphatic heterocycles. The molecule has 1 fully saturated rings. The van der Waals surface area contributed by atoms with Crippen molar-refractivity contribution in [2.45, 2.75) is 6.92 Å². The summed E-state index contributed by atoms with van der Waals surface area (Å²) < 4.78 is 4.94. The zero-order valence-electron chi connectivity index (χ0n) is 8.27. The molecule has 14 heavy (non-hydrogen) atoms. The SMILES string of the molecule is CCOC(=O)N1CC2=NCC=CC2C1. The van der Waals surface area contributed by atoms with Gasteiger partial charge in [-0.25, -0.2) is 4.79 Å². The largest absolute Gasteiger partial charge is 0.450 e. The zero-order valence-corrected chi connectivity index (χ0v) is 8.27. The Morgan fingerprint density at radius 1 is 1.79 bits per heavy atom. The highest BCUT2D eigenvalue weighted by atomic mass is 16.6. The fourth-order valence-corrected chi connectivity index (χ4v) is 1.81. The number of carbonyl (C=O) groups excluding carboxylic acids is 1. The van der Waals surface area contributed by atoms with Crippen LogP contribution in [0.15, 0.2) is 17.1 Å². The van der Waals surface area contributed by atoms with Gasteiger partial charge < -0.3 is 9.64 Å².